The van der Waals surface area contributed by atoms with Crippen molar-refractivity contribution in [3.8, 4) is 0 Å². The Morgan fingerprint density at radius 1 is 1.39 bits per heavy atom. The van der Waals surface area contributed by atoms with Gasteiger partial charge < -0.3 is 16.2 Å². The summed E-state index contributed by atoms with van der Waals surface area (Å²) in [5, 5.41) is 12.2. The third-order valence-electron chi connectivity index (χ3n) is 4.22. The van der Waals surface area contributed by atoms with Gasteiger partial charge in [-0.15, -0.1) is 0 Å². The highest BCUT2D eigenvalue weighted by atomic mass is 16.4. The van der Waals surface area contributed by atoms with Gasteiger partial charge in [0.15, 0.2) is 0 Å². The second-order valence-electron chi connectivity index (χ2n) is 5.68. The van der Waals surface area contributed by atoms with Crippen LogP contribution in [0.1, 0.15) is 46.5 Å². The molecule has 0 radical (unpaired) electrons. The van der Waals surface area contributed by atoms with Gasteiger partial charge in [-0.05, 0) is 26.7 Å². The number of hydrogen-bond acceptors (Lipinski definition) is 3. The minimum absolute atomic E-state index is 0.149. The molecule has 0 bridgehead atoms. The SMILES string of the molecule is CC(N)C(C)C(=O)NC1CCCCC1(C)C(=O)O. The van der Waals surface area contributed by atoms with E-state index in [0.717, 1.165) is 19.3 Å². The van der Waals surface area contributed by atoms with E-state index in [1.54, 1.807) is 20.8 Å². The molecule has 0 aromatic heterocycles. The molecule has 0 aliphatic heterocycles. The predicted octanol–water partition coefficient (Wildman–Crippen LogP) is 1.12. The van der Waals surface area contributed by atoms with Crippen LogP contribution in [0.5, 0.6) is 0 Å². The van der Waals surface area contributed by atoms with E-state index in [-0.39, 0.29) is 23.9 Å². The Kier molecular flexibility index (Phi) is 4.73. The Morgan fingerprint density at radius 3 is 2.50 bits per heavy atom. The van der Waals surface area contributed by atoms with Gasteiger partial charge in [0, 0.05) is 18.0 Å². The van der Waals surface area contributed by atoms with Crippen molar-refractivity contribution in [1.82, 2.24) is 5.32 Å². The summed E-state index contributed by atoms with van der Waals surface area (Å²) >= 11 is 0. The van der Waals surface area contributed by atoms with Crippen LogP contribution in [0, 0.1) is 11.3 Å². The molecule has 0 saturated heterocycles. The summed E-state index contributed by atoms with van der Waals surface area (Å²) in [5.41, 5.74) is 4.84. The smallest absolute Gasteiger partial charge is 0.311 e. The third kappa shape index (κ3) is 3.02. The van der Waals surface area contributed by atoms with Gasteiger partial charge in [-0.2, -0.15) is 0 Å². The number of carboxylic acid groups (broad SMARTS) is 1. The highest BCUT2D eigenvalue weighted by Gasteiger charge is 2.44. The number of carbonyl (C=O) groups is 2. The Hall–Kier alpha value is -1.10. The van der Waals surface area contributed by atoms with Gasteiger partial charge in [-0.3, -0.25) is 9.59 Å². The van der Waals surface area contributed by atoms with E-state index in [4.69, 9.17) is 5.73 Å². The third-order valence-corrected chi connectivity index (χ3v) is 4.22. The van der Waals surface area contributed by atoms with E-state index >= 15 is 0 Å². The minimum atomic E-state index is -0.856. The molecule has 1 aliphatic rings. The quantitative estimate of drug-likeness (QED) is 0.702. The maximum Gasteiger partial charge on any atom is 0.311 e. The van der Waals surface area contributed by atoms with Crippen molar-refractivity contribution in [2.45, 2.75) is 58.5 Å². The number of nitrogens with two attached hydrogens (primary N) is 1. The fraction of sp³-hybridized carbons (Fsp3) is 0.846. The molecule has 0 spiro atoms. The van der Waals surface area contributed by atoms with Crippen molar-refractivity contribution >= 4 is 11.9 Å². The molecular weight excluding hydrogens is 232 g/mol. The summed E-state index contributed by atoms with van der Waals surface area (Å²) in [7, 11) is 0. The van der Waals surface area contributed by atoms with E-state index in [2.05, 4.69) is 5.32 Å². The number of carbonyl (C=O) groups excluding carboxylic acids is 1. The summed E-state index contributed by atoms with van der Waals surface area (Å²) < 4.78 is 0. The van der Waals surface area contributed by atoms with Gasteiger partial charge in [0.2, 0.25) is 5.91 Å². The lowest BCUT2D eigenvalue weighted by atomic mass is 9.71. The first-order valence-corrected chi connectivity index (χ1v) is 6.58. The van der Waals surface area contributed by atoms with E-state index in [0.29, 0.717) is 6.42 Å². The van der Waals surface area contributed by atoms with E-state index in [1.807, 2.05) is 0 Å². The molecule has 104 valence electrons. The van der Waals surface area contributed by atoms with Crippen LogP contribution in [0.2, 0.25) is 0 Å². The summed E-state index contributed by atoms with van der Waals surface area (Å²) in [4.78, 5) is 23.4. The van der Waals surface area contributed by atoms with Gasteiger partial charge >= 0.3 is 5.97 Å². The van der Waals surface area contributed by atoms with Gasteiger partial charge in [-0.25, -0.2) is 0 Å². The molecule has 1 aliphatic carbocycles. The molecule has 4 N–H and O–H groups in total. The van der Waals surface area contributed by atoms with Crippen molar-refractivity contribution in [1.29, 1.82) is 0 Å². The van der Waals surface area contributed by atoms with Gasteiger partial charge in [0.05, 0.1) is 5.41 Å². The maximum absolute atomic E-state index is 12.0. The summed E-state index contributed by atoms with van der Waals surface area (Å²) in [6.45, 7) is 5.26. The highest BCUT2D eigenvalue weighted by molar-refractivity contribution is 5.81. The van der Waals surface area contributed by atoms with Crippen LogP contribution in [0.15, 0.2) is 0 Å². The zero-order chi connectivity index (χ0) is 13.9. The zero-order valence-corrected chi connectivity index (χ0v) is 11.4. The number of carboxylic acids is 1. The maximum atomic E-state index is 12.0. The summed E-state index contributed by atoms with van der Waals surface area (Å²) in [5.74, 6) is -1.28. The van der Waals surface area contributed by atoms with Crippen molar-refractivity contribution in [2.75, 3.05) is 0 Å². The zero-order valence-electron chi connectivity index (χ0n) is 11.4. The fourth-order valence-corrected chi connectivity index (χ4v) is 2.36. The molecule has 1 fully saturated rings. The Morgan fingerprint density at radius 2 is 2.00 bits per heavy atom. The van der Waals surface area contributed by atoms with Crippen LogP contribution < -0.4 is 11.1 Å². The number of hydrogen-bond donors (Lipinski definition) is 3. The Labute approximate surface area is 108 Å². The topological polar surface area (TPSA) is 92.4 Å². The summed E-state index contributed by atoms with van der Waals surface area (Å²) in [6, 6.07) is -0.526. The van der Waals surface area contributed by atoms with Gasteiger partial charge in [0.1, 0.15) is 0 Å². The van der Waals surface area contributed by atoms with E-state index in [1.165, 1.54) is 0 Å². The number of amides is 1. The lowest BCUT2D eigenvalue weighted by molar-refractivity contribution is -0.152. The standard InChI is InChI=1S/C13H24N2O3/c1-8(9(2)14)11(16)15-10-6-4-5-7-13(10,3)12(17)18/h8-10H,4-7,14H2,1-3H3,(H,15,16)(H,17,18). The average Bonchev–Trinajstić information content (AvgIpc) is 2.30. The first-order valence-electron chi connectivity index (χ1n) is 6.58. The molecule has 4 atom stereocenters. The van der Waals surface area contributed by atoms with Crippen LogP contribution in [-0.2, 0) is 9.59 Å². The molecular formula is C13H24N2O3. The highest BCUT2D eigenvalue weighted by Crippen LogP contribution is 2.36. The number of rotatable bonds is 4. The Balaban J connectivity index is 2.74. The molecule has 4 unspecified atom stereocenters. The summed E-state index contributed by atoms with van der Waals surface area (Å²) in [6.07, 6.45) is 3.19. The molecule has 0 aromatic carbocycles. The largest absolute Gasteiger partial charge is 0.481 e. The van der Waals surface area contributed by atoms with E-state index < -0.39 is 11.4 Å². The molecule has 0 aromatic rings. The molecule has 1 rings (SSSR count). The first-order chi connectivity index (χ1) is 8.29. The van der Waals surface area contributed by atoms with Gasteiger partial charge in [0.25, 0.3) is 0 Å². The van der Waals surface area contributed by atoms with Crippen molar-refractivity contribution in [3.05, 3.63) is 0 Å². The van der Waals surface area contributed by atoms with Crippen molar-refractivity contribution < 1.29 is 14.7 Å². The van der Waals surface area contributed by atoms with E-state index in [9.17, 15) is 14.7 Å². The number of aliphatic carboxylic acids is 1. The average molecular weight is 256 g/mol. The van der Waals surface area contributed by atoms with Crippen LogP contribution in [0.25, 0.3) is 0 Å². The monoisotopic (exact) mass is 256 g/mol. The number of nitrogens with one attached hydrogen (secondary N) is 1. The molecule has 1 amide bonds. The Bertz CT molecular complexity index is 330. The second kappa shape index (κ2) is 5.69. The van der Waals surface area contributed by atoms with Crippen LogP contribution >= 0.6 is 0 Å². The van der Waals surface area contributed by atoms with Gasteiger partial charge in [-0.1, -0.05) is 19.8 Å². The molecule has 5 nitrogen and oxygen atoms in total. The minimum Gasteiger partial charge on any atom is -0.481 e. The van der Waals surface area contributed by atoms with Crippen LogP contribution in [-0.4, -0.2) is 29.1 Å². The molecule has 5 heteroatoms. The second-order valence-corrected chi connectivity index (χ2v) is 5.68. The first kappa shape index (κ1) is 15.0. The normalized spacial score (nSPS) is 31.4. The van der Waals surface area contributed by atoms with Crippen molar-refractivity contribution in [3.63, 3.8) is 0 Å². The fourth-order valence-electron chi connectivity index (χ4n) is 2.36. The van der Waals surface area contributed by atoms with Crippen LogP contribution in [0.4, 0.5) is 0 Å². The lowest BCUT2D eigenvalue weighted by Gasteiger charge is -2.39. The molecule has 0 heterocycles. The molecule has 1 saturated carbocycles. The lowest BCUT2D eigenvalue weighted by Crippen LogP contribution is -2.54. The predicted molar refractivity (Wildman–Crippen MR) is 69.0 cm³/mol. The van der Waals surface area contributed by atoms with Crippen molar-refractivity contribution in [2.24, 2.45) is 17.1 Å². The molecule has 18 heavy (non-hydrogen) atoms. The van der Waals surface area contributed by atoms with Crippen LogP contribution in [0.3, 0.4) is 0 Å².